The highest BCUT2D eigenvalue weighted by atomic mass is 15.3. The van der Waals surface area contributed by atoms with Crippen molar-refractivity contribution in [1.82, 2.24) is 9.78 Å². The molecule has 5 rings (SSSR count). The predicted octanol–water partition coefficient (Wildman–Crippen LogP) is 2.88. The van der Waals surface area contributed by atoms with Crippen molar-refractivity contribution in [2.45, 2.75) is 64.5 Å². The summed E-state index contributed by atoms with van der Waals surface area (Å²) >= 11 is 0. The lowest BCUT2D eigenvalue weighted by molar-refractivity contribution is -0.0505. The first-order chi connectivity index (χ1) is 9.11. The van der Waals surface area contributed by atoms with Gasteiger partial charge in [-0.05, 0) is 70.1 Å². The maximum absolute atomic E-state index is 5.90. The van der Waals surface area contributed by atoms with E-state index in [0.717, 1.165) is 23.4 Å². The van der Waals surface area contributed by atoms with Crippen LogP contribution in [0.1, 0.15) is 55.5 Å². The van der Waals surface area contributed by atoms with E-state index in [1.807, 2.05) is 0 Å². The highest BCUT2D eigenvalue weighted by Crippen LogP contribution is 2.58. The number of nitrogens with zero attached hydrogens (tertiary/aromatic N) is 2. The highest BCUT2D eigenvalue weighted by Gasteiger charge is 2.52. The normalized spacial score (nSPS) is 40.1. The number of hydrogen-bond acceptors (Lipinski definition) is 2. The summed E-state index contributed by atoms with van der Waals surface area (Å²) in [4.78, 5) is 0. The number of rotatable bonds is 2. The highest BCUT2D eigenvalue weighted by molar-refractivity contribution is 5.26. The van der Waals surface area contributed by atoms with Gasteiger partial charge in [-0.2, -0.15) is 5.10 Å². The molecule has 104 valence electrons. The Bertz CT molecular complexity index is 479. The molecule has 4 aliphatic rings. The van der Waals surface area contributed by atoms with Crippen molar-refractivity contribution in [3.8, 4) is 0 Å². The maximum Gasteiger partial charge on any atom is 0.0641 e. The van der Waals surface area contributed by atoms with Crippen LogP contribution in [-0.2, 0) is 12.1 Å². The van der Waals surface area contributed by atoms with E-state index in [9.17, 15) is 0 Å². The van der Waals surface area contributed by atoms with Gasteiger partial charge in [-0.25, -0.2) is 0 Å². The van der Waals surface area contributed by atoms with Gasteiger partial charge in [-0.1, -0.05) is 0 Å². The van der Waals surface area contributed by atoms with E-state index in [2.05, 4.69) is 18.5 Å². The summed E-state index contributed by atoms with van der Waals surface area (Å²) in [5.41, 5.74) is 10.0. The van der Waals surface area contributed by atoms with E-state index in [0.29, 0.717) is 12.1 Å². The van der Waals surface area contributed by atoms with Crippen LogP contribution < -0.4 is 5.73 Å². The van der Waals surface area contributed by atoms with Crippen LogP contribution in [-0.4, -0.2) is 9.78 Å². The van der Waals surface area contributed by atoms with Crippen LogP contribution in [0.25, 0.3) is 0 Å². The minimum Gasteiger partial charge on any atom is -0.326 e. The largest absolute Gasteiger partial charge is 0.326 e. The summed E-state index contributed by atoms with van der Waals surface area (Å²) in [6.07, 6.45) is 8.56. The maximum atomic E-state index is 5.90. The topological polar surface area (TPSA) is 43.8 Å². The van der Waals surface area contributed by atoms with Crippen molar-refractivity contribution in [3.05, 3.63) is 17.0 Å². The van der Waals surface area contributed by atoms with Gasteiger partial charge in [0.2, 0.25) is 0 Å². The lowest BCUT2D eigenvalue weighted by Crippen LogP contribution is -2.52. The average molecular weight is 259 g/mol. The molecule has 3 heteroatoms. The average Bonchev–Trinajstić information content (AvgIpc) is 2.63. The van der Waals surface area contributed by atoms with E-state index in [1.165, 1.54) is 49.8 Å². The van der Waals surface area contributed by atoms with Crippen LogP contribution in [0, 0.1) is 31.6 Å². The zero-order valence-corrected chi connectivity index (χ0v) is 12.2. The van der Waals surface area contributed by atoms with E-state index in [-0.39, 0.29) is 0 Å². The van der Waals surface area contributed by atoms with Crippen molar-refractivity contribution in [1.29, 1.82) is 0 Å². The Kier molecular flexibility index (Phi) is 2.42. The van der Waals surface area contributed by atoms with Gasteiger partial charge in [0.1, 0.15) is 0 Å². The number of aryl methyl sites for hydroxylation is 1. The molecule has 0 amide bonds. The molecular weight excluding hydrogens is 234 g/mol. The van der Waals surface area contributed by atoms with E-state index < -0.39 is 0 Å². The quantitative estimate of drug-likeness (QED) is 0.887. The summed E-state index contributed by atoms with van der Waals surface area (Å²) in [6.45, 7) is 4.97. The fourth-order valence-corrected chi connectivity index (χ4v) is 5.76. The van der Waals surface area contributed by atoms with Gasteiger partial charge in [-0.3, -0.25) is 4.68 Å². The van der Waals surface area contributed by atoms with Crippen molar-refractivity contribution in [2.75, 3.05) is 0 Å². The molecule has 0 aromatic carbocycles. The van der Waals surface area contributed by atoms with Gasteiger partial charge in [0.25, 0.3) is 0 Å². The van der Waals surface area contributed by atoms with Gasteiger partial charge in [-0.15, -0.1) is 0 Å². The Balaban J connectivity index is 1.79. The third-order valence-corrected chi connectivity index (χ3v) is 6.10. The summed E-state index contributed by atoms with van der Waals surface area (Å²) in [5.74, 6) is 2.91. The second-order valence-electron chi connectivity index (χ2n) is 7.41. The van der Waals surface area contributed by atoms with Crippen LogP contribution in [0.3, 0.4) is 0 Å². The van der Waals surface area contributed by atoms with Crippen LogP contribution in [0.2, 0.25) is 0 Å². The fourth-order valence-electron chi connectivity index (χ4n) is 5.76. The Morgan fingerprint density at radius 2 is 1.63 bits per heavy atom. The molecule has 4 bridgehead atoms. The second-order valence-corrected chi connectivity index (χ2v) is 7.41. The molecule has 4 aliphatic carbocycles. The molecule has 1 aromatic rings. The Hall–Kier alpha value is -0.830. The molecule has 4 fully saturated rings. The zero-order valence-electron chi connectivity index (χ0n) is 12.2. The second kappa shape index (κ2) is 3.85. The lowest BCUT2D eigenvalue weighted by Gasteiger charge is -2.57. The van der Waals surface area contributed by atoms with Crippen molar-refractivity contribution in [3.63, 3.8) is 0 Å². The first kappa shape index (κ1) is 12.0. The van der Waals surface area contributed by atoms with Gasteiger partial charge in [0.15, 0.2) is 0 Å². The number of aromatic nitrogens is 2. The monoisotopic (exact) mass is 259 g/mol. The van der Waals surface area contributed by atoms with E-state index in [4.69, 9.17) is 10.8 Å². The van der Waals surface area contributed by atoms with Gasteiger partial charge in [0, 0.05) is 17.8 Å². The molecule has 19 heavy (non-hydrogen) atoms. The minimum atomic E-state index is 0.344. The molecule has 0 spiro atoms. The molecule has 1 aromatic heterocycles. The molecule has 4 saturated carbocycles. The van der Waals surface area contributed by atoms with Crippen molar-refractivity contribution >= 4 is 0 Å². The van der Waals surface area contributed by atoms with E-state index >= 15 is 0 Å². The third-order valence-electron chi connectivity index (χ3n) is 6.10. The molecule has 0 saturated heterocycles. The molecule has 3 nitrogen and oxygen atoms in total. The molecular formula is C16H25N3. The van der Waals surface area contributed by atoms with Crippen molar-refractivity contribution in [2.24, 2.45) is 23.5 Å². The minimum absolute atomic E-state index is 0.344. The fraction of sp³-hybridized carbons (Fsp3) is 0.812. The summed E-state index contributed by atoms with van der Waals surface area (Å²) in [7, 11) is 0. The van der Waals surface area contributed by atoms with Crippen LogP contribution in [0.4, 0.5) is 0 Å². The Morgan fingerprint density at radius 3 is 2.05 bits per heavy atom. The van der Waals surface area contributed by atoms with Crippen LogP contribution >= 0.6 is 0 Å². The third kappa shape index (κ3) is 1.57. The first-order valence-electron chi connectivity index (χ1n) is 7.87. The van der Waals surface area contributed by atoms with Crippen LogP contribution in [0.15, 0.2) is 0 Å². The zero-order chi connectivity index (χ0) is 13.2. The summed E-state index contributed by atoms with van der Waals surface area (Å²) < 4.78 is 2.40. The molecule has 0 radical (unpaired) electrons. The van der Waals surface area contributed by atoms with Gasteiger partial charge >= 0.3 is 0 Å². The standard InChI is InChI=1S/C16H25N3/c1-10-15(9-17)11(2)19(18-10)16-6-12-3-13(7-16)5-14(4-12)8-16/h12-14H,3-9,17H2,1-2H3. The van der Waals surface area contributed by atoms with E-state index in [1.54, 1.807) is 0 Å². The smallest absolute Gasteiger partial charge is 0.0641 e. The molecule has 0 unspecified atom stereocenters. The van der Waals surface area contributed by atoms with Gasteiger partial charge in [0.05, 0.1) is 11.2 Å². The number of nitrogens with two attached hydrogens (primary N) is 1. The SMILES string of the molecule is Cc1nn(C23CC4CC(CC(C4)C2)C3)c(C)c1CN. The molecule has 2 N–H and O–H groups in total. The molecule has 1 heterocycles. The lowest BCUT2D eigenvalue weighted by atomic mass is 9.53. The Morgan fingerprint density at radius 1 is 1.11 bits per heavy atom. The summed E-state index contributed by atoms with van der Waals surface area (Å²) in [6, 6.07) is 0. The Labute approximate surface area is 115 Å². The summed E-state index contributed by atoms with van der Waals surface area (Å²) in [5, 5.41) is 4.91. The molecule has 0 atom stereocenters. The van der Waals surface area contributed by atoms with Crippen LogP contribution in [0.5, 0.6) is 0 Å². The predicted molar refractivity (Wildman–Crippen MR) is 75.7 cm³/mol. The number of hydrogen-bond donors (Lipinski definition) is 1. The van der Waals surface area contributed by atoms with Gasteiger partial charge < -0.3 is 5.73 Å². The molecule has 0 aliphatic heterocycles. The first-order valence-corrected chi connectivity index (χ1v) is 7.87. The van der Waals surface area contributed by atoms with Crippen molar-refractivity contribution < 1.29 is 0 Å².